The Labute approximate surface area is 214 Å². The number of rotatable bonds is 7. The summed E-state index contributed by atoms with van der Waals surface area (Å²) in [7, 11) is 0. The van der Waals surface area contributed by atoms with E-state index in [4.69, 9.17) is 0 Å². The summed E-state index contributed by atoms with van der Waals surface area (Å²) in [5.74, 6) is -0.527. The van der Waals surface area contributed by atoms with E-state index in [1.165, 1.54) is 16.0 Å². The highest BCUT2D eigenvalue weighted by Crippen LogP contribution is 2.37. The second-order valence-electron chi connectivity index (χ2n) is 8.95. The van der Waals surface area contributed by atoms with Crippen LogP contribution in [-0.4, -0.2) is 57.6 Å². The number of hydroxylamine groups is 2. The minimum Gasteiger partial charge on any atom is -0.306 e. The van der Waals surface area contributed by atoms with Crippen LogP contribution in [0, 0.1) is 0 Å². The predicted octanol–water partition coefficient (Wildman–Crippen LogP) is 4.11. The molecular formula is C27H28N6O4. The summed E-state index contributed by atoms with van der Waals surface area (Å²) in [6.07, 6.45) is 0.351. The smallest absolute Gasteiger partial charge is 0.306 e. The van der Waals surface area contributed by atoms with E-state index in [0.717, 1.165) is 5.56 Å². The number of para-hydroxylation sites is 2. The highest BCUT2D eigenvalue weighted by molar-refractivity contribution is 6.00. The summed E-state index contributed by atoms with van der Waals surface area (Å²) in [6.45, 7) is 3.02. The van der Waals surface area contributed by atoms with Crippen molar-refractivity contribution in [2.45, 2.75) is 25.6 Å². The molecule has 1 aliphatic heterocycles. The number of benzene rings is 3. The molecule has 1 saturated heterocycles. The van der Waals surface area contributed by atoms with Gasteiger partial charge in [-0.25, -0.2) is 15.0 Å². The zero-order valence-corrected chi connectivity index (χ0v) is 20.5. The van der Waals surface area contributed by atoms with E-state index >= 15 is 0 Å². The number of hydrogen-bond acceptors (Lipinski definition) is 5. The molecule has 0 radical (unpaired) electrons. The van der Waals surface area contributed by atoms with Gasteiger partial charge in [-0.1, -0.05) is 66.7 Å². The molecule has 190 valence electrons. The number of amides is 5. The molecule has 3 aromatic carbocycles. The van der Waals surface area contributed by atoms with Crippen LogP contribution in [0.5, 0.6) is 0 Å². The van der Waals surface area contributed by atoms with Crippen molar-refractivity contribution in [2.24, 2.45) is 5.10 Å². The van der Waals surface area contributed by atoms with Gasteiger partial charge in [-0.05, 0) is 43.7 Å². The second-order valence-corrected chi connectivity index (χ2v) is 8.95. The monoisotopic (exact) mass is 500 g/mol. The third-order valence-corrected chi connectivity index (χ3v) is 6.01. The Kier molecular flexibility index (Phi) is 7.49. The van der Waals surface area contributed by atoms with Crippen LogP contribution in [0.15, 0.2) is 96.1 Å². The van der Waals surface area contributed by atoms with Crippen LogP contribution in [0.1, 0.15) is 19.4 Å². The molecule has 10 heteroatoms. The first kappa shape index (κ1) is 25.4. The van der Waals surface area contributed by atoms with Gasteiger partial charge in [-0.2, -0.15) is 10.2 Å². The molecule has 0 bridgehead atoms. The number of anilines is 2. The van der Waals surface area contributed by atoms with Crippen molar-refractivity contribution in [1.82, 2.24) is 15.4 Å². The summed E-state index contributed by atoms with van der Waals surface area (Å²) in [6, 6.07) is 25.2. The molecule has 0 spiro atoms. The maximum Gasteiger partial charge on any atom is 0.347 e. The number of nitrogens with zero attached hydrogens (tertiary/aromatic N) is 4. The zero-order chi connectivity index (χ0) is 26.4. The largest absolute Gasteiger partial charge is 0.347 e. The van der Waals surface area contributed by atoms with Crippen molar-refractivity contribution in [2.75, 3.05) is 16.8 Å². The summed E-state index contributed by atoms with van der Waals surface area (Å²) < 4.78 is 0. The zero-order valence-electron chi connectivity index (χ0n) is 20.5. The maximum atomic E-state index is 13.6. The topological polar surface area (TPSA) is 118 Å². The Morgan fingerprint density at radius 3 is 2.16 bits per heavy atom. The Morgan fingerprint density at radius 2 is 1.54 bits per heavy atom. The highest BCUT2D eigenvalue weighted by atomic mass is 16.5. The summed E-state index contributed by atoms with van der Waals surface area (Å²) in [5, 5.41) is 18.1. The van der Waals surface area contributed by atoms with Crippen molar-refractivity contribution in [3.63, 3.8) is 0 Å². The minimum absolute atomic E-state index is 0.341. The molecule has 1 atom stereocenters. The molecule has 1 aliphatic rings. The molecule has 3 N–H and O–H groups in total. The van der Waals surface area contributed by atoms with Gasteiger partial charge in [0.2, 0.25) is 0 Å². The number of carbonyl (C=O) groups is 3. The molecular weight excluding hydrogens is 472 g/mol. The number of hydrogen-bond donors (Lipinski definition) is 3. The van der Waals surface area contributed by atoms with E-state index < -0.39 is 29.7 Å². The van der Waals surface area contributed by atoms with Crippen molar-refractivity contribution in [1.29, 1.82) is 0 Å². The van der Waals surface area contributed by atoms with Gasteiger partial charge >= 0.3 is 12.1 Å². The van der Waals surface area contributed by atoms with E-state index in [1.54, 1.807) is 74.5 Å². The third-order valence-electron chi connectivity index (χ3n) is 6.01. The lowest BCUT2D eigenvalue weighted by Crippen LogP contribution is -2.58. The summed E-state index contributed by atoms with van der Waals surface area (Å²) >= 11 is 0. The highest BCUT2D eigenvalue weighted by Gasteiger charge is 2.56. The van der Waals surface area contributed by atoms with Gasteiger partial charge in [-0.3, -0.25) is 14.9 Å². The molecule has 4 rings (SSSR count). The lowest BCUT2D eigenvalue weighted by Gasteiger charge is -2.38. The average Bonchev–Trinajstić information content (AvgIpc) is 3.10. The number of urea groups is 2. The Bertz CT molecular complexity index is 1270. The fourth-order valence-corrected chi connectivity index (χ4v) is 4.17. The molecule has 0 aromatic heterocycles. The lowest BCUT2D eigenvalue weighted by atomic mass is 9.99. The molecule has 37 heavy (non-hydrogen) atoms. The molecule has 0 saturated carbocycles. The van der Waals surface area contributed by atoms with Crippen LogP contribution in [0.4, 0.5) is 21.0 Å². The number of hydrazone groups is 1. The van der Waals surface area contributed by atoms with Crippen LogP contribution >= 0.6 is 0 Å². The molecule has 1 fully saturated rings. The fraction of sp³-hybridized carbons (Fsp3) is 0.185. The quantitative estimate of drug-likeness (QED) is 0.257. The predicted molar refractivity (Wildman–Crippen MR) is 140 cm³/mol. The van der Waals surface area contributed by atoms with E-state index in [1.807, 2.05) is 30.3 Å². The van der Waals surface area contributed by atoms with Crippen molar-refractivity contribution >= 4 is 35.6 Å². The Morgan fingerprint density at radius 1 is 0.973 bits per heavy atom. The first-order chi connectivity index (χ1) is 17.8. The van der Waals surface area contributed by atoms with Gasteiger partial charge in [0.05, 0.1) is 11.8 Å². The van der Waals surface area contributed by atoms with Gasteiger partial charge in [-0.15, -0.1) is 0 Å². The molecule has 10 nitrogen and oxygen atoms in total. The van der Waals surface area contributed by atoms with Gasteiger partial charge in [0.15, 0.2) is 6.17 Å². The van der Waals surface area contributed by atoms with Crippen molar-refractivity contribution in [3.05, 3.63) is 96.6 Å². The molecule has 5 amide bonds. The van der Waals surface area contributed by atoms with E-state index in [2.05, 4.69) is 15.8 Å². The first-order valence-electron chi connectivity index (χ1n) is 11.7. The average molecular weight is 501 g/mol. The van der Waals surface area contributed by atoms with Crippen LogP contribution < -0.4 is 15.6 Å². The van der Waals surface area contributed by atoms with E-state index in [0.29, 0.717) is 16.4 Å². The van der Waals surface area contributed by atoms with Gasteiger partial charge in [0, 0.05) is 11.4 Å². The summed E-state index contributed by atoms with van der Waals surface area (Å²) in [4.78, 5) is 41.9. The molecule has 3 aromatic rings. The SMILES string of the molecule is CC1(C)C(N(O)C(=O)Nc2ccccc2)N(c2ccccc2)C(=O)N1CC(=O)NN=Cc1ccccc1. The van der Waals surface area contributed by atoms with Crippen LogP contribution in [0.25, 0.3) is 0 Å². The minimum atomic E-state index is -1.17. The van der Waals surface area contributed by atoms with Crippen LogP contribution in [0.3, 0.4) is 0 Å². The van der Waals surface area contributed by atoms with Gasteiger partial charge in [0.1, 0.15) is 6.54 Å². The molecule has 1 heterocycles. The Balaban J connectivity index is 1.57. The second kappa shape index (κ2) is 10.9. The Hall–Kier alpha value is -4.70. The number of carbonyl (C=O) groups excluding carboxylic acids is 3. The normalized spacial score (nSPS) is 16.6. The standard InChI is InChI=1S/C27H28N6O4/c1-27(2)24(33(37)25(35)29-21-14-8-4-9-15-21)32(22-16-10-5-11-17-22)26(36)31(27)19-23(34)30-28-18-20-12-6-3-7-13-20/h3-18,24,37H,19H2,1-2H3,(H,29,35)(H,30,34). The first-order valence-corrected chi connectivity index (χ1v) is 11.7. The molecule has 1 unspecified atom stereocenters. The van der Waals surface area contributed by atoms with E-state index in [9.17, 15) is 19.6 Å². The maximum absolute atomic E-state index is 13.6. The van der Waals surface area contributed by atoms with Crippen LogP contribution in [0.2, 0.25) is 0 Å². The lowest BCUT2D eigenvalue weighted by molar-refractivity contribution is -0.124. The van der Waals surface area contributed by atoms with Gasteiger partial charge in [0.25, 0.3) is 5.91 Å². The molecule has 0 aliphatic carbocycles. The third kappa shape index (κ3) is 5.60. The van der Waals surface area contributed by atoms with Crippen LogP contribution in [-0.2, 0) is 4.79 Å². The van der Waals surface area contributed by atoms with Gasteiger partial charge < -0.3 is 10.2 Å². The van der Waals surface area contributed by atoms with E-state index in [-0.39, 0.29) is 6.54 Å². The van der Waals surface area contributed by atoms with Crippen molar-refractivity contribution < 1.29 is 19.6 Å². The summed E-state index contributed by atoms with van der Waals surface area (Å²) in [5.41, 5.74) is 3.00. The fourth-order valence-electron chi connectivity index (χ4n) is 4.17. The number of nitrogens with one attached hydrogen (secondary N) is 2. The van der Waals surface area contributed by atoms with Crippen molar-refractivity contribution in [3.8, 4) is 0 Å².